The summed E-state index contributed by atoms with van der Waals surface area (Å²) >= 11 is 0. The Morgan fingerprint density at radius 2 is 1.87 bits per heavy atom. The highest BCUT2D eigenvalue weighted by atomic mass is 16.5. The Labute approximate surface area is 94.0 Å². The van der Waals surface area contributed by atoms with E-state index in [2.05, 4.69) is 34.6 Å². The summed E-state index contributed by atoms with van der Waals surface area (Å²) in [5.41, 5.74) is -0.102. The van der Waals surface area contributed by atoms with Crippen molar-refractivity contribution >= 4 is 0 Å². The van der Waals surface area contributed by atoms with Crippen LogP contribution < -0.4 is 0 Å². The summed E-state index contributed by atoms with van der Waals surface area (Å²) in [6.07, 6.45) is 2.55. The molecule has 0 radical (unpaired) electrons. The largest absolute Gasteiger partial charge is 0.396 e. The van der Waals surface area contributed by atoms with Gasteiger partial charge in [-0.15, -0.1) is 0 Å². The molecule has 0 saturated heterocycles. The van der Waals surface area contributed by atoms with Crippen LogP contribution in [0.2, 0.25) is 0 Å². The molecule has 1 unspecified atom stereocenters. The molecular weight excluding hydrogens is 188 g/mol. The van der Waals surface area contributed by atoms with E-state index in [4.69, 9.17) is 4.74 Å². The molecule has 4 atom stereocenters. The molecular formula is C13H26O2. The van der Waals surface area contributed by atoms with Crippen molar-refractivity contribution in [1.82, 2.24) is 0 Å². The lowest BCUT2D eigenvalue weighted by atomic mass is 9.94. The molecule has 0 aliphatic heterocycles. The number of ether oxygens (including phenoxy) is 1. The first-order chi connectivity index (χ1) is 6.89. The Hall–Kier alpha value is -0.0800. The van der Waals surface area contributed by atoms with Crippen molar-refractivity contribution in [3.05, 3.63) is 0 Å². The van der Waals surface area contributed by atoms with Gasteiger partial charge in [-0.2, -0.15) is 0 Å². The van der Waals surface area contributed by atoms with Gasteiger partial charge in [0, 0.05) is 12.5 Å². The van der Waals surface area contributed by atoms with Gasteiger partial charge in [-0.1, -0.05) is 20.3 Å². The van der Waals surface area contributed by atoms with E-state index in [-0.39, 0.29) is 18.3 Å². The summed E-state index contributed by atoms with van der Waals surface area (Å²) in [7, 11) is 0. The third-order valence-electron chi connectivity index (χ3n) is 3.58. The van der Waals surface area contributed by atoms with E-state index in [0.717, 1.165) is 12.3 Å². The van der Waals surface area contributed by atoms with E-state index in [0.29, 0.717) is 11.8 Å². The minimum absolute atomic E-state index is 0.102. The summed E-state index contributed by atoms with van der Waals surface area (Å²) in [4.78, 5) is 0. The second kappa shape index (κ2) is 4.84. The maximum atomic E-state index is 9.38. The maximum Gasteiger partial charge on any atom is 0.0660 e. The highest BCUT2D eigenvalue weighted by molar-refractivity contribution is 4.90. The second-order valence-corrected chi connectivity index (χ2v) is 5.90. The Kier molecular flexibility index (Phi) is 4.19. The third kappa shape index (κ3) is 3.18. The van der Waals surface area contributed by atoms with Gasteiger partial charge >= 0.3 is 0 Å². The van der Waals surface area contributed by atoms with E-state index in [9.17, 15) is 5.11 Å². The molecule has 2 nitrogen and oxygen atoms in total. The summed E-state index contributed by atoms with van der Waals surface area (Å²) in [6.45, 7) is 11.0. The smallest absolute Gasteiger partial charge is 0.0660 e. The lowest BCUT2D eigenvalue weighted by Crippen LogP contribution is -2.35. The molecule has 0 bridgehead atoms. The molecule has 1 saturated carbocycles. The fourth-order valence-electron chi connectivity index (χ4n) is 2.76. The lowest BCUT2D eigenvalue weighted by Gasteiger charge is -2.31. The molecule has 0 spiro atoms. The molecule has 0 aromatic heterocycles. The number of aliphatic hydroxyl groups is 1. The molecule has 1 N–H and O–H groups in total. The normalized spacial score (nSPS) is 37.2. The molecule has 2 heteroatoms. The average molecular weight is 214 g/mol. The van der Waals surface area contributed by atoms with E-state index >= 15 is 0 Å². The van der Waals surface area contributed by atoms with E-state index in [1.165, 1.54) is 6.42 Å². The van der Waals surface area contributed by atoms with Crippen LogP contribution in [0.15, 0.2) is 0 Å². The first-order valence-corrected chi connectivity index (χ1v) is 6.17. The average Bonchev–Trinajstić information content (AvgIpc) is 2.42. The summed E-state index contributed by atoms with van der Waals surface area (Å²) < 4.78 is 6.09. The molecule has 1 rings (SSSR count). The van der Waals surface area contributed by atoms with Gasteiger partial charge in [-0.3, -0.25) is 0 Å². The van der Waals surface area contributed by atoms with Crippen LogP contribution in [0.25, 0.3) is 0 Å². The Balaban J connectivity index is 2.67. The minimum atomic E-state index is -0.102. The van der Waals surface area contributed by atoms with Gasteiger partial charge in [-0.25, -0.2) is 0 Å². The van der Waals surface area contributed by atoms with E-state index in [1.54, 1.807) is 0 Å². The van der Waals surface area contributed by atoms with E-state index in [1.807, 2.05) is 0 Å². The van der Waals surface area contributed by atoms with Crippen molar-refractivity contribution < 1.29 is 9.84 Å². The molecule has 0 aromatic rings. The van der Waals surface area contributed by atoms with Crippen LogP contribution in [-0.4, -0.2) is 23.4 Å². The molecule has 0 aromatic carbocycles. The maximum absolute atomic E-state index is 9.38. The van der Waals surface area contributed by atoms with Gasteiger partial charge in [0.05, 0.1) is 11.7 Å². The van der Waals surface area contributed by atoms with Crippen molar-refractivity contribution in [1.29, 1.82) is 0 Å². The molecule has 0 heterocycles. The zero-order valence-corrected chi connectivity index (χ0v) is 10.8. The molecule has 1 fully saturated rings. The quantitative estimate of drug-likeness (QED) is 0.783. The molecule has 15 heavy (non-hydrogen) atoms. The minimum Gasteiger partial charge on any atom is -0.396 e. The summed E-state index contributed by atoms with van der Waals surface area (Å²) in [5, 5.41) is 9.38. The standard InChI is InChI=1S/C13H26O2/c1-6-10-7-11(8-14)12(9(10)2)15-13(3,4)5/h9-12,14H,6-8H2,1-5H3/t9-,10?,11+,12+/m0/s1. The third-order valence-corrected chi connectivity index (χ3v) is 3.58. The number of hydrogen-bond acceptors (Lipinski definition) is 2. The van der Waals surface area contributed by atoms with Crippen molar-refractivity contribution in [2.75, 3.05) is 6.61 Å². The van der Waals surface area contributed by atoms with Gasteiger partial charge in [0.15, 0.2) is 0 Å². The van der Waals surface area contributed by atoms with Crippen LogP contribution in [0.4, 0.5) is 0 Å². The number of aliphatic hydroxyl groups excluding tert-OH is 1. The fourth-order valence-corrected chi connectivity index (χ4v) is 2.76. The predicted molar refractivity (Wildman–Crippen MR) is 62.8 cm³/mol. The lowest BCUT2D eigenvalue weighted by molar-refractivity contribution is -0.0997. The summed E-state index contributed by atoms with van der Waals surface area (Å²) in [5.74, 6) is 1.63. The van der Waals surface area contributed by atoms with Crippen molar-refractivity contribution in [2.45, 2.75) is 59.2 Å². The van der Waals surface area contributed by atoms with Crippen LogP contribution in [0.1, 0.15) is 47.5 Å². The van der Waals surface area contributed by atoms with E-state index < -0.39 is 0 Å². The predicted octanol–water partition coefficient (Wildman–Crippen LogP) is 2.84. The van der Waals surface area contributed by atoms with Gasteiger partial charge in [-0.05, 0) is 39.0 Å². The van der Waals surface area contributed by atoms with Crippen LogP contribution in [-0.2, 0) is 4.74 Å². The molecule has 1 aliphatic carbocycles. The van der Waals surface area contributed by atoms with Gasteiger partial charge < -0.3 is 9.84 Å². The Bertz CT molecular complexity index is 193. The van der Waals surface area contributed by atoms with Crippen LogP contribution >= 0.6 is 0 Å². The topological polar surface area (TPSA) is 29.5 Å². The van der Waals surface area contributed by atoms with Crippen molar-refractivity contribution in [3.8, 4) is 0 Å². The van der Waals surface area contributed by atoms with Crippen LogP contribution in [0.3, 0.4) is 0 Å². The molecule has 1 aliphatic rings. The fraction of sp³-hybridized carbons (Fsp3) is 1.00. The van der Waals surface area contributed by atoms with Crippen molar-refractivity contribution in [2.24, 2.45) is 17.8 Å². The first-order valence-electron chi connectivity index (χ1n) is 6.17. The van der Waals surface area contributed by atoms with Crippen LogP contribution in [0, 0.1) is 17.8 Å². The molecule has 0 amide bonds. The second-order valence-electron chi connectivity index (χ2n) is 5.90. The van der Waals surface area contributed by atoms with Gasteiger partial charge in [0.25, 0.3) is 0 Å². The zero-order valence-electron chi connectivity index (χ0n) is 10.8. The SMILES string of the molecule is CCC1C[C@H](CO)[C@H](OC(C)(C)C)[C@H]1C. The zero-order chi connectivity index (χ0) is 11.6. The number of rotatable bonds is 3. The highest BCUT2D eigenvalue weighted by Crippen LogP contribution is 2.41. The highest BCUT2D eigenvalue weighted by Gasteiger charge is 2.41. The summed E-state index contributed by atoms with van der Waals surface area (Å²) in [6, 6.07) is 0. The Morgan fingerprint density at radius 1 is 1.27 bits per heavy atom. The van der Waals surface area contributed by atoms with Gasteiger partial charge in [0.1, 0.15) is 0 Å². The Morgan fingerprint density at radius 3 is 2.27 bits per heavy atom. The van der Waals surface area contributed by atoms with Gasteiger partial charge in [0.2, 0.25) is 0 Å². The molecule has 90 valence electrons. The number of hydrogen-bond donors (Lipinski definition) is 1. The monoisotopic (exact) mass is 214 g/mol. The first kappa shape index (κ1) is 13.0. The van der Waals surface area contributed by atoms with Crippen LogP contribution in [0.5, 0.6) is 0 Å². The van der Waals surface area contributed by atoms with Crippen molar-refractivity contribution in [3.63, 3.8) is 0 Å².